The van der Waals surface area contributed by atoms with Gasteiger partial charge >= 0.3 is 0 Å². The first kappa shape index (κ1) is 21.4. The predicted molar refractivity (Wildman–Crippen MR) is 117 cm³/mol. The normalized spacial score (nSPS) is 10.6. The van der Waals surface area contributed by atoms with Crippen molar-refractivity contribution in [3.05, 3.63) is 47.8 Å². The Labute approximate surface area is 176 Å². The van der Waals surface area contributed by atoms with Gasteiger partial charge in [-0.3, -0.25) is 0 Å². The van der Waals surface area contributed by atoms with Crippen LogP contribution in [-0.2, 0) is 9.47 Å². The lowest BCUT2D eigenvalue weighted by Gasteiger charge is -2.16. The summed E-state index contributed by atoms with van der Waals surface area (Å²) in [7, 11) is 3.26. The summed E-state index contributed by atoms with van der Waals surface area (Å²) >= 11 is 0. The van der Waals surface area contributed by atoms with Crippen LogP contribution in [0.3, 0.4) is 0 Å². The summed E-state index contributed by atoms with van der Waals surface area (Å²) in [5.41, 5.74) is 2.37. The molecule has 0 spiro atoms. The van der Waals surface area contributed by atoms with Gasteiger partial charge in [-0.1, -0.05) is 12.0 Å². The molecule has 3 rings (SSSR count). The Morgan fingerprint density at radius 3 is 2.30 bits per heavy atom. The number of methoxy groups -OCH3 is 2. The molecule has 0 bridgehead atoms. The number of nitrogens with zero attached hydrogens (tertiary/aromatic N) is 2. The maximum atomic E-state index is 5.89. The van der Waals surface area contributed by atoms with Gasteiger partial charge in [0, 0.05) is 36.9 Å². The van der Waals surface area contributed by atoms with Crippen molar-refractivity contribution in [3.8, 4) is 23.8 Å². The summed E-state index contributed by atoms with van der Waals surface area (Å²) in [6.45, 7) is 3.57. The van der Waals surface area contributed by atoms with Crippen molar-refractivity contribution >= 4 is 22.4 Å². The second kappa shape index (κ2) is 10.4. The summed E-state index contributed by atoms with van der Waals surface area (Å²) in [5, 5.41) is 4.14. The summed E-state index contributed by atoms with van der Waals surface area (Å²) in [4.78, 5) is 9.14. The van der Waals surface area contributed by atoms with Gasteiger partial charge in [0.05, 0.1) is 18.7 Å². The van der Waals surface area contributed by atoms with Crippen LogP contribution in [0.4, 0.5) is 11.5 Å². The largest absolute Gasteiger partial charge is 0.487 e. The highest BCUT2D eigenvalue weighted by atomic mass is 16.5. The average Bonchev–Trinajstić information content (AvgIpc) is 2.74. The highest BCUT2D eigenvalue weighted by molar-refractivity contribution is 5.93. The first-order valence-electron chi connectivity index (χ1n) is 9.54. The van der Waals surface area contributed by atoms with Crippen molar-refractivity contribution in [1.82, 2.24) is 9.97 Å². The fraction of sp³-hybridized carbons (Fsp3) is 0.304. The third-order valence-corrected chi connectivity index (χ3v) is 4.26. The van der Waals surface area contributed by atoms with Crippen molar-refractivity contribution in [2.45, 2.75) is 6.92 Å². The molecule has 1 heterocycles. The van der Waals surface area contributed by atoms with Crippen LogP contribution in [0, 0.1) is 19.3 Å². The molecule has 0 aliphatic rings. The zero-order chi connectivity index (χ0) is 21.3. The Hall–Kier alpha value is -3.34. The smallest absolute Gasteiger partial charge is 0.163 e. The van der Waals surface area contributed by atoms with E-state index in [1.807, 2.05) is 43.3 Å². The van der Waals surface area contributed by atoms with Crippen LogP contribution in [0.15, 0.2) is 36.4 Å². The molecule has 0 radical (unpaired) electrons. The molecule has 30 heavy (non-hydrogen) atoms. The van der Waals surface area contributed by atoms with E-state index in [1.54, 1.807) is 14.2 Å². The van der Waals surface area contributed by atoms with Crippen molar-refractivity contribution in [2.75, 3.05) is 46.0 Å². The average molecular weight is 407 g/mol. The number of aryl methyl sites for hydroxylation is 1. The molecule has 7 heteroatoms. The predicted octanol–water partition coefficient (Wildman–Crippen LogP) is 3.71. The molecule has 0 saturated heterocycles. The molecule has 1 N–H and O–H groups in total. The Kier molecular flexibility index (Phi) is 7.44. The van der Waals surface area contributed by atoms with Crippen molar-refractivity contribution < 1.29 is 18.9 Å². The number of fused-ring (bicyclic) bond motifs is 1. The van der Waals surface area contributed by atoms with E-state index in [0.717, 1.165) is 22.2 Å². The quantitative estimate of drug-likeness (QED) is 0.406. The minimum Gasteiger partial charge on any atom is -0.487 e. The minimum atomic E-state index is 0.391. The van der Waals surface area contributed by atoms with E-state index < -0.39 is 0 Å². The number of aromatic nitrogens is 2. The third-order valence-electron chi connectivity index (χ3n) is 4.26. The number of terminal acetylenes is 1. The number of hydrogen-bond acceptors (Lipinski definition) is 7. The first-order valence-corrected chi connectivity index (χ1v) is 9.54. The molecule has 0 aliphatic carbocycles. The number of rotatable bonds is 10. The van der Waals surface area contributed by atoms with Crippen LogP contribution in [0.5, 0.6) is 11.5 Å². The van der Waals surface area contributed by atoms with Crippen molar-refractivity contribution in [2.24, 2.45) is 0 Å². The van der Waals surface area contributed by atoms with E-state index in [0.29, 0.717) is 49.6 Å². The highest BCUT2D eigenvalue weighted by Crippen LogP contribution is 2.35. The fourth-order valence-electron chi connectivity index (χ4n) is 2.87. The van der Waals surface area contributed by atoms with E-state index in [4.69, 9.17) is 25.4 Å². The highest BCUT2D eigenvalue weighted by Gasteiger charge is 2.14. The zero-order valence-corrected chi connectivity index (χ0v) is 17.4. The summed E-state index contributed by atoms with van der Waals surface area (Å²) in [6.07, 6.45) is 5.52. The molecule has 7 nitrogen and oxygen atoms in total. The SMILES string of the molecule is C#Cc1cccc(Nc2nc(C)nc3cc(OCCOC)c(OCCOC)cc23)c1. The second-order valence-electron chi connectivity index (χ2n) is 6.47. The monoisotopic (exact) mass is 407 g/mol. The van der Waals surface area contributed by atoms with Crippen LogP contribution >= 0.6 is 0 Å². The van der Waals surface area contributed by atoms with Crippen LogP contribution in [0.2, 0.25) is 0 Å². The summed E-state index contributed by atoms with van der Waals surface area (Å²) in [5.74, 6) is 5.11. The Morgan fingerprint density at radius 1 is 0.933 bits per heavy atom. The first-order chi connectivity index (χ1) is 14.6. The Balaban J connectivity index is 2.01. The van der Waals surface area contributed by atoms with Crippen LogP contribution < -0.4 is 14.8 Å². The number of hydrogen-bond donors (Lipinski definition) is 1. The van der Waals surface area contributed by atoms with Gasteiger partial charge in [0.2, 0.25) is 0 Å². The van der Waals surface area contributed by atoms with Gasteiger partial charge in [-0.05, 0) is 31.2 Å². The molecule has 0 aliphatic heterocycles. The molecule has 156 valence electrons. The second-order valence-corrected chi connectivity index (χ2v) is 6.47. The maximum absolute atomic E-state index is 5.89. The lowest BCUT2D eigenvalue weighted by atomic mass is 10.1. The zero-order valence-electron chi connectivity index (χ0n) is 17.4. The lowest BCUT2D eigenvalue weighted by molar-refractivity contribution is 0.132. The van der Waals surface area contributed by atoms with Gasteiger partial charge in [-0.25, -0.2) is 9.97 Å². The maximum Gasteiger partial charge on any atom is 0.163 e. The molecule has 2 aromatic carbocycles. The molecule has 1 aromatic heterocycles. The van der Waals surface area contributed by atoms with Crippen molar-refractivity contribution in [1.29, 1.82) is 0 Å². The van der Waals surface area contributed by atoms with Crippen LogP contribution in [0.1, 0.15) is 11.4 Å². The minimum absolute atomic E-state index is 0.391. The van der Waals surface area contributed by atoms with Gasteiger partial charge in [0.1, 0.15) is 24.9 Å². The van der Waals surface area contributed by atoms with E-state index in [2.05, 4.69) is 21.2 Å². The number of benzene rings is 2. The van der Waals surface area contributed by atoms with Gasteiger partial charge in [-0.2, -0.15) is 0 Å². The molecule has 0 saturated carbocycles. The fourth-order valence-corrected chi connectivity index (χ4v) is 2.87. The third kappa shape index (κ3) is 5.38. The number of anilines is 2. The topological polar surface area (TPSA) is 74.7 Å². The molecule has 3 aromatic rings. The summed E-state index contributed by atoms with van der Waals surface area (Å²) < 4.78 is 21.9. The summed E-state index contributed by atoms with van der Waals surface area (Å²) in [6, 6.07) is 11.3. The standard InChI is InChI=1S/C23H25N3O4/c1-5-17-7-6-8-18(13-17)26-23-19-14-21(29-11-9-27-3)22(30-12-10-28-4)15-20(19)24-16(2)25-23/h1,6-8,13-15H,9-12H2,2-4H3,(H,24,25,26). The van der Waals surface area contributed by atoms with Crippen LogP contribution in [-0.4, -0.2) is 50.6 Å². The van der Waals surface area contributed by atoms with E-state index in [-0.39, 0.29) is 0 Å². The molecular formula is C23H25N3O4. The Morgan fingerprint density at radius 2 is 1.63 bits per heavy atom. The van der Waals surface area contributed by atoms with E-state index >= 15 is 0 Å². The van der Waals surface area contributed by atoms with Crippen LogP contribution in [0.25, 0.3) is 10.9 Å². The van der Waals surface area contributed by atoms with Gasteiger partial charge in [0.15, 0.2) is 11.5 Å². The molecule has 0 unspecified atom stereocenters. The lowest BCUT2D eigenvalue weighted by Crippen LogP contribution is -2.09. The molecular weight excluding hydrogens is 382 g/mol. The van der Waals surface area contributed by atoms with Gasteiger partial charge in [0.25, 0.3) is 0 Å². The number of nitrogens with one attached hydrogen (secondary N) is 1. The molecule has 0 amide bonds. The van der Waals surface area contributed by atoms with Gasteiger partial charge < -0.3 is 24.3 Å². The molecule has 0 fully saturated rings. The van der Waals surface area contributed by atoms with E-state index in [9.17, 15) is 0 Å². The van der Waals surface area contributed by atoms with Gasteiger partial charge in [-0.15, -0.1) is 6.42 Å². The van der Waals surface area contributed by atoms with E-state index in [1.165, 1.54) is 0 Å². The van der Waals surface area contributed by atoms with Crippen molar-refractivity contribution in [3.63, 3.8) is 0 Å². The molecule has 0 atom stereocenters. The Bertz CT molecular complexity index is 1050. The number of ether oxygens (including phenoxy) is 4.